The molecule has 2 aromatic heterocycles. The van der Waals surface area contributed by atoms with Crippen molar-refractivity contribution in [3.63, 3.8) is 0 Å². The van der Waals surface area contributed by atoms with Gasteiger partial charge in [-0.2, -0.15) is 4.98 Å². The van der Waals surface area contributed by atoms with Crippen LogP contribution in [0.25, 0.3) is 11.1 Å². The molecule has 0 radical (unpaired) electrons. The van der Waals surface area contributed by atoms with Crippen molar-refractivity contribution in [2.75, 3.05) is 17.6 Å². The van der Waals surface area contributed by atoms with Crippen LogP contribution in [-0.4, -0.2) is 26.5 Å². The van der Waals surface area contributed by atoms with Crippen molar-refractivity contribution < 1.29 is 4.42 Å². The van der Waals surface area contributed by atoms with Crippen LogP contribution < -0.4 is 11.1 Å². The number of nitrogens with two attached hydrogens (primary N) is 1. The molecule has 0 aliphatic heterocycles. The van der Waals surface area contributed by atoms with E-state index in [1.807, 2.05) is 12.3 Å². The van der Waals surface area contributed by atoms with Gasteiger partial charge in [0.05, 0.1) is 6.20 Å². The van der Waals surface area contributed by atoms with Gasteiger partial charge < -0.3 is 15.5 Å². The Hall–Kier alpha value is -2.57. The Balaban J connectivity index is 1.56. The van der Waals surface area contributed by atoms with Crippen LogP contribution in [0.1, 0.15) is 6.42 Å². The van der Waals surface area contributed by atoms with Gasteiger partial charge in [-0.3, -0.25) is 4.68 Å². The van der Waals surface area contributed by atoms with E-state index in [1.54, 1.807) is 23.0 Å². The number of oxazole rings is 1. The lowest BCUT2D eigenvalue weighted by Gasteiger charge is -2.01. The first-order valence-corrected chi connectivity index (χ1v) is 6.05. The average Bonchev–Trinajstić information content (AvgIpc) is 3.02. The zero-order chi connectivity index (χ0) is 13.1. The van der Waals surface area contributed by atoms with Gasteiger partial charge >= 0.3 is 0 Å². The number of hydrogen-bond donors (Lipinski definition) is 2. The third-order valence-corrected chi connectivity index (χ3v) is 2.72. The fourth-order valence-electron chi connectivity index (χ4n) is 1.81. The van der Waals surface area contributed by atoms with Gasteiger partial charge in [0.1, 0.15) is 5.52 Å². The third-order valence-electron chi connectivity index (χ3n) is 2.72. The molecule has 98 valence electrons. The predicted octanol–water partition coefficient (Wildman–Crippen LogP) is 1.50. The van der Waals surface area contributed by atoms with Crippen molar-refractivity contribution in [1.29, 1.82) is 0 Å². The maximum atomic E-state index is 5.69. The second-order valence-electron chi connectivity index (χ2n) is 4.19. The molecule has 7 heteroatoms. The molecule has 3 aromatic rings. The summed E-state index contributed by atoms with van der Waals surface area (Å²) in [5.74, 6) is 0. The molecule has 0 aliphatic carbocycles. The summed E-state index contributed by atoms with van der Waals surface area (Å²) >= 11 is 0. The lowest BCUT2D eigenvalue weighted by atomic mass is 10.3. The number of nitrogens with zero attached hydrogens (tertiary/aromatic N) is 4. The monoisotopic (exact) mass is 258 g/mol. The van der Waals surface area contributed by atoms with Crippen LogP contribution in [0.15, 0.2) is 35.0 Å². The number of anilines is 2. The second-order valence-corrected chi connectivity index (χ2v) is 4.19. The molecule has 0 aliphatic rings. The van der Waals surface area contributed by atoms with Gasteiger partial charge in [-0.05, 0) is 24.6 Å². The molecule has 3 N–H and O–H groups in total. The normalized spacial score (nSPS) is 10.9. The highest BCUT2D eigenvalue weighted by Gasteiger charge is 2.04. The zero-order valence-electron chi connectivity index (χ0n) is 10.3. The maximum absolute atomic E-state index is 5.69. The van der Waals surface area contributed by atoms with Gasteiger partial charge in [0.15, 0.2) is 5.58 Å². The van der Waals surface area contributed by atoms with E-state index in [2.05, 4.69) is 20.6 Å². The lowest BCUT2D eigenvalue weighted by molar-refractivity contribution is 0.560. The number of nitrogen functional groups attached to an aromatic ring is 1. The van der Waals surface area contributed by atoms with E-state index in [0.29, 0.717) is 11.7 Å². The van der Waals surface area contributed by atoms with Crippen LogP contribution >= 0.6 is 0 Å². The summed E-state index contributed by atoms with van der Waals surface area (Å²) in [6.07, 6.45) is 4.41. The van der Waals surface area contributed by atoms with E-state index in [-0.39, 0.29) is 0 Å². The Morgan fingerprint density at radius 1 is 1.37 bits per heavy atom. The fraction of sp³-hybridized carbons (Fsp3) is 0.250. The van der Waals surface area contributed by atoms with Crippen molar-refractivity contribution in [1.82, 2.24) is 20.0 Å². The topological polar surface area (TPSA) is 94.8 Å². The van der Waals surface area contributed by atoms with Crippen LogP contribution in [0.2, 0.25) is 0 Å². The highest BCUT2D eigenvalue weighted by Crippen LogP contribution is 2.20. The summed E-state index contributed by atoms with van der Waals surface area (Å²) in [5.41, 5.74) is 7.86. The van der Waals surface area contributed by atoms with Gasteiger partial charge in [-0.15, -0.1) is 5.10 Å². The van der Waals surface area contributed by atoms with Crippen molar-refractivity contribution in [3.05, 3.63) is 30.6 Å². The Kier molecular flexibility index (Phi) is 3.01. The van der Waals surface area contributed by atoms with Gasteiger partial charge in [0.25, 0.3) is 6.01 Å². The fourth-order valence-corrected chi connectivity index (χ4v) is 1.81. The summed E-state index contributed by atoms with van der Waals surface area (Å²) in [6.45, 7) is 1.56. The molecule has 0 unspecified atom stereocenters. The Morgan fingerprint density at radius 2 is 2.32 bits per heavy atom. The number of benzene rings is 1. The van der Waals surface area contributed by atoms with Crippen LogP contribution in [0.3, 0.4) is 0 Å². The van der Waals surface area contributed by atoms with Crippen LogP contribution in [0, 0.1) is 0 Å². The van der Waals surface area contributed by atoms with Crippen LogP contribution in [-0.2, 0) is 6.54 Å². The number of aromatic nitrogens is 4. The first-order chi connectivity index (χ1) is 9.31. The standard InChI is InChI=1S/C12H14N6O/c13-9-2-3-11-10(8-9)16-12(19-11)14-4-1-6-18-7-5-15-17-18/h2-3,5,7-8H,1,4,6,13H2,(H,14,16). The molecular weight excluding hydrogens is 244 g/mol. The Labute approximate surface area is 109 Å². The summed E-state index contributed by atoms with van der Waals surface area (Å²) in [6, 6.07) is 5.92. The minimum atomic E-state index is 0.513. The minimum absolute atomic E-state index is 0.513. The molecule has 7 nitrogen and oxygen atoms in total. The van der Waals surface area contributed by atoms with Crippen molar-refractivity contribution in [3.8, 4) is 0 Å². The Bertz CT molecular complexity index is 660. The zero-order valence-corrected chi connectivity index (χ0v) is 10.3. The van der Waals surface area contributed by atoms with Gasteiger partial charge in [0, 0.05) is 25.0 Å². The number of rotatable bonds is 5. The second kappa shape index (κ2) is 4.97. The molecule has 0 saturated heterocycles. The van der Waals surface area contributed by atoms with E-state index in [1.165, 1.54) is 0 Å². The smallest absolute Gasteiger partial charge is 0.295 e. The summed E-state index contributed by atoms with van der Waals surface area (Å²) in [4.78, 5) is 4.32. The van der Waals surface area contributed by atoms with Gasteiger partial charge in [-0.25, -0.2) is 0 Å². The highest BCUT2D eigenvalue weighted by atomic mass is 16.4. The summed E-state index contributed by atoms with van der Waals surface area (Å²) in [5, 5.41) is 10.8. The molecule has 2 heterocycles. The maximum Gasteiger partial charge on any atom is 0.295 e. The van der Waals surface area contributed by atoms with Gasteiger partial charge in [-0.1, -0.05) is 5.21 Å². The molecule has 0 spiro atoms. The summed E-state index contributed by atoms with van der Waals surface area (Å²) < 4.78 is 7.33. The molecule has 3 rings (SSSR count). The molecule has 0 saturated carbocycles. The predicted molar refractivity (Wildman–Crippen MR) is 71.6 cm³/mol. The van der Waals surface area contributed by atoms with Crippen LogP contribution in [0.5, 0.6) is 0 Å². The number of hydrogen-bond acceptors (Lipinski definition) is 6. The highest BCUT2D eigenvalue weighted by molar-refractivity contribution is 5.78. The van der Waals surface area contributed by atoms with Crippen molar-refractivity contribution >= 4 is 22.8 Å². The van der Waals surface area contributed by atoms with Crippen LogP contribution in [0.4, 0.5) is 11.7 Å². The van der Waals surface area contributed by atoms with Crippen molar-refractivity contribution in [2.24, 2.45) is 0 Å². The molecule has 19 heavy (non-hydrogen) atoms. The Morgan fingerprint density at radius 3 is 3.16 bits per heavy atom. The number of fused-ring (bicyclic) bond motifs is 1. The van der Waals surface area contributed by atoms with E-state index in [4.69, 9.17) is 10.2 Å². The van der Waals surface area contributed by atoms with E-state index < -0.39 is 0 Å². The van der Waals surface area contributed by atoms with E-state index in [0.717, 1.165) is 30.6 Å². The lowest BCUT2D eigenvalue weighted by Crippen LogP contribution is -2.07. The SMILES string of the molecule is Nc1ccc2oc(NCCCn3ccnn3)nc2c1. The first kappa shape index (κ1) is 11.5. The van der Waals surface area contributed by atoms with E-state index >= 15 is 0 Å². The molecule has 0 atom stereocenters. The number of aryl methyl sites for hydroxylation is 1. The largest absolute Gasteiger partial charge is 0.424 e. The van der Waals surface area contributed by atoms with Gasteiger partial charge in [0.2, 0.25) is 0 Å². The van der Waals surface area contributed by atoms with E-state index in [9.17, 15) is 0 Å². The average molecular weight is 258 g/mol. The molecule has 0 bridgehead atoms. The van der Waals surface area contributed by atoms with Crippen molar-refractivity contribution in [2.45, 2.75) is 13.0 Å². The molecule has 1 aromatic carbocycles. The number of nitrogens with one attached hydrogen (secondary N) is 1. The minimum Gasteiger partial charge on any atom is -0.424 e. The summed E-state index contributed by atoms with van der Waals surface area (Å²) in [7, 11) is 0. The molecular formula is C12H14N6O. The molecule has 0 fully saturated rings. The molecule has 0 amide bonds. The first-order valence-electron chi connectivity index (χ1n) is 6.05. The third kappa shape index (κ3) is 2.65. The quantitative estimate of drug-likeness (QED) is 0.532.